The van der Waals surface area contributed by atoms with Gasteiger partial charge in [-0.2, -0.15) is 0 Å². The van der Waals surface area contributed by atoms with E-state index in [4.69, 9.17) is 9.84 Å². The van der Waals surface area contributed by atoms with Crippen LogP contribution in [0.15, 0.2) is 76.8 Å². The van der Waals surface area contributed by atoms with Gasteiger partial charge in [-0.25, -0.2) is 8.78 Å². The van der Waals surface area contributed by atoms with Gasteiger partial charge in [-0.3, -0.25) is 14.4 Å². The Morgan fingerprint density at radius 2 is 1.76 bits per heavy atom. The fraction of sp³-hybridized carbons (Fsp3) is 0.395. The topological polar surface area (TPSA) is 99.2 Å². The predicted molar refractivity (Wildman–Crippen MR) is 185 cm³/mol. The number of fused-ring (bicyclic) bond motifs is 2. The van der Waals surface area contributed by atoms with Crippen LogP contribution in [-0.4, -0.2) is 70.5 Å². The molecule has 3 aromatic carbocycles. The van der Waals surface area contributed by atoms with Crippen molar-refractivity contribution in [3.05, 3.63) is 105 Å². The molecule has 3 aliphatic rings. The Labute approximate surface area is 293 Å². The molecule has 1 saturated carbocycles. The van der Waals surface area contributed by atoms with Gasteiger partial charge >= 0.3 is 5.97 Å². The molecule has 11 heteroatoms. The van der Waals surface area contributed by atoms with E-state index in [1.54, 1.807) is 34.1 Å². The van der Waals surface area contributed by atoms with Crippen LogP contribution in [0.25, 0.3) is 5.57 Å². The molecule has 2 aliphatic heterocycles. The fourth-order valence-electron chi connectivity index (χ4n) is 6.76. The molecule has 8 nitrogen and oxygen atoms in total. The van der Waals surface area contributed by atoms with Crippen molar-refractivity contribution in [2.75, 3.05) is 19.7 Å². The SMILES string of the molecule is O=C(O)CCCC(=O)N1CC2CC(c3ccc(CCCOc4cc(F)ccc4Br)cc3)=C(C(=O)N(Cc3ccccc3F)C3CC3)C(C1)N2. The van der Waals surface area contributed by atoms with Crippen molar-refractivity contribution < 1.29 is 33.0 Å². The van der Waals surface area contributed by atoms with Gasteiger partial charge in [0.05, 0.1) is 17.1 Å². The van der Waals surface area contributed by atoms with Crippen LogP contribution >= 0.6 is 15.9 Å². The molecule has 0 spiro atoms. The lowest BCUT2D eigenvalue weighted by atomic mass is 9.82. The highest BCUT2D eigenvalue weighted by Crippen LogP contribution is 2.38. The van der Waals surface area contributed by atoms with Crippen LogP contribution in [0.5, 0.6) is 5.75 Å². The van der Waals surface area contributed by atoms with Crippen LogP contribution in [0.4, 0.5) is 8.78 Å². The molecule has 1 saturated heterocycles. The summed E-state index contributed by atoms with van der Waals surface area (Å²) in [7, 11) is 0. The lowest BCUT2D eigenvalue weighted by Crippen LogP contribution is -2.62. The Hall–Kier alpha value is -4.09. The Morgan fingerprint density at radius 3 is 2.49 bits per heavy atom. The Morgan fingerprint density at radius 1 is 0.980 bits per heavy atom. The standard InChI is InChI=1S/C38H40BrF2N3O5/c39-31-17-14-27(40)19-34(31)49-18-4-5-24-10-12-25(13-11-24)30-20-28-22-43(35(45)8-3-9-36(46)47)23-33(42-28)37(30)38(48)44(29-15-16-29)21-26-6-1-2-7-32(26)41/h1-2,6-7,10-14,17,19,28-29,33,42H,3-5,8-9,15-16,18,20-23H2,(H,46,47). The van der Waals surface area contributed by atoms with Gasteiger partial charge in [-0.05, 0) is 89.4 Å². The summed E-state index contributed by atoms with van der Waals surface area (Å²) in [5, 5.41) is 12.6. The molecule has 2 unspecified atom stereocenters. The average Bonchev–Trinajstić information content (AvgIpc) is 3.93. The van der Waals surface area contributed by atoms with Gasteiger partial charge in [-0.15, -0.1) is 0 Å². The molecule has 0 aromatic heterocycles. The first-order valence-corrected chi connectivity index (χ1v) is 17.7. The van der Waals surface area contributed by atoms with Crippen LogP contribution in [0.3, 0.4) is 0 Å². The van der Waals surface area contributed by atoms with E-state index in [2.05, 4.69) is 33.4 Å². The third-order valence-corrected chi connectivity index (χ3v) is 10.0. The minimum absolute atomic E-state index is 0.0218. The van der Waals surface area contributed by atoms with Crippen LogP contribution < -0.4 is 10.1 Å². The Bertz CT molecular complexity index is 1730. The number of carbonyl (C=O) groups excluding carboxylic acids is 2. The number of piperazine rings is 1. The number of rotatable bonds is 14. The number of hydrogen-bond donors (Lipinski definition) is 2. The molecule has 258 valence electrons. The minimum Gasteiger partial charge on any atom is -0.492 e. The molecule has 2 amide bonds. The van der Waals surface area contributed by atoms with E-state index in [1.807, 2.05) is 12.1 Å². The molecular formula is C38H40BrF2N3O5. The normalized spacial score (nSPS) is 18.7. The molecule has 2 N–H and O–H groups in total. The molecule has 2 bridgehead atoms. The first-order valence-electron chi connectivity index (χ1n) is 16.9. The summed E-state index contributed by atoms with van der Waals surface area (Å²) in [4.78, 5) is 42.3. The number of benzene rings is 3. The highest BCUT2D eigenvalue weighted by atomic mass is 79.9. The maximum Gasteiger partial charge on any atom is 0.303 e. The summed E-state index contributed by atoms with van der Waals surface area (Å²) in [6.45, 7) is 1.35. The molecule has 6 rings (SSSR count). The molecule has 2 fully saturated rings. The number of ether oxygens (including phenoxy) is 1. The molecule has 1 aliphatic carbocycles. The third-order valence-electron chi connectivity index (χ3n) is 9.38. The number of aliphatic carboxylic acids is 1. The van der Waals surface area contributed by atoms with Crippen LogP contribution in [-0.2, 0) is 27.3 Å². The molecule has 2 atom stereocenters. The number of nitrogens with one attached hydrogen (secondary N) is 1. The lowest BCUT2D eigenvalue weighted by Gasteiger charge is -2.45. The number of nitrogens with zero attached hydrogens (tertiary/aromatic N) is 2. The summed E-state index contributed by atoms with van der Waals surface area (Å²) >= 11 is 3.39. The zero-order chi connectivity index (χ0) is 34.5. The minimum atomic E-state index is -0.933. The third kappa shape index (κ3) is 8.75. The summed E-state index contributed by atoms with van der Waals surface area (Å²) < 4.78 is 34.9. The van der Waals surface area contributed by atoms with Crippen molar-refractivity contribution in [3.8, 4) is 5.75 Å². The van der Waals surface area contributed by atoms with Crippen molar-refractivity contribution >= 4 is 39.3 Å². The van der Waals surface area contributed by atoms with E-state index in [-0.39, 0.29) is 61.3 Å². The summed E-state index contributed by atoms with van der Waals surface area (Å²) in [6.07, 6.45) is 4.05. The predicted octanol–water partition coefficient (Wildman–Crippen LogP) is 6.51. The number of carboxylic acid groups (broad SMARTS) is 1. The maximum atomic E-state index is 14.8. The monoisotopic (exact) mass is 735 g/mol. The van der Waals surface area contributed by atoms with Gasteiger partial charge in [0.2, 0.25) is 5.91 Å². The van der Waals surface area contributed by atoms with Gasteiger partial charge < -0.3 is 25.0 Å². The van der Waals surface area contributed by atoms with Crippen molar-refractivity contribution in [1.29, 1.82) is 0 Å². The maximum absolute atomic E-state index is 14.8. The number of halogens is 3. The van der Waals surface area contributed by atoms with Crippen LogP contribution in [0.1, 0.15) is 61.6 Å². The second kappa shape index (κ2) is 15.6. The van der Waals surface area contributed by atoms with E-state index in [9.17, 15) is 23.2 Å². The quantitative estimate of drug-likeness (QED) is 0.183. The number of amides is 2. The van der Waals surface area contributed by atoms with Gasteiger partial charge in [0.1, 0.15) is 17.4 Å². The van der Waals surface area contributed by atoms with Gasteiger partial charge in [-0.1, -0.05) is 42.5 Å². The highest BCUT2D eigenvalue weighted by Gasteiger charge is 2.43. The van der Waals surface area contributed by atoms with E-state index in [1.165, 1.54) is 18.2 Å². The molecule has 3 aromatic rings. The largest absolute Gasteiger partial charge is 0.492 e. The van der Waals surface area contributed by atoms with E-state index in [0.29, 0.717) is 47.5 Å². The van der Waals surface area contributed by atoms with Crippen molar-refractivity contribution in [2.24, 2.45) is 0 Å². The van der Waals surface area contributed by atoms with E-state index < -0.39 is 12.0 Å². The van der Waals surface area contributed by atoms with Crippen LogP contribution in [0, 0.1) is 11.6 Å². The molecule has 0 radical (unpaired) electrons. The Balaban J connectivity index is 1.22. The first kappa shape index (κ1) is 34.8. The van der Waals surface area contributed by atoms with Gasteiger partial charge in [0.25, 0.3) is 5.91 Å². The zero-order valence-electron chi connectivity index (χ0n) is 27.2. The average molecular weight is 737 g/mol. The highest BCUT2D eigenvalue weighted by molar-refractivity contribution is 9.10. The lowest BCUT2D eigenvalue weighted by molar-refractivity contribution is -0.138. The van der Waals surface area contributed by atoms with Gasteiger partial charge in [0, 0.05) is 61.8 Å². The van der Waals surface area contributed by atoms with Crippen molar-refractivity contribution in [3.63, 3.8) is 0 Å². The van der Waals surface area contributed by atoms with Crippen molar-refractivity contribution in [2.45, 2.75) is 76.0 Å². The molecule has 2 heterocycles. The smallest absolute Gasteiger partial charge is 0.303 e. The molecular weight excluding hydrogens is 696 g/mol. The number of hydrogen-bond acceptors (Lipinski definition) is 5. The summed E-state index contributed by atoms with van der Waals surface area (Å²) in [5.41, 5.74) is 4.03. The fourth-order valence-corrected chi connectivity index (χ4v) is 7.12. The first-order chi connectivity index (χ1) is 23.7. The number of aryl methyl sites for hydroxylation is 1. The second-order valence-electron chi connectivity index (χ2n) is 13.0. The van der Waals surface area contributed by atoms with E-state index >= 15 is 0 Å². The van der Waals surface area contributed by atoms with Crippen molar-refractivity contribution in [1.82, 2.24) is 15.1 Å². The number of carbonyl (C=O) groups is 3. The summed E-state index contributed by atoms with van der Waals surface area (Å²) in [5.74, 6) is -1.44. The zero-order valence-corrected chi connectivity index (χ0v) is 28.8. The van der Waals surface area contributed by atoms with Crippen LogP contribution in [0.2, 0.25) is 0 Å². The number of carboxylic acids is 1. The van der Waals surface area contributed by atoms with E-state index in [0.717, 1.165) is 42.4 Å². The van der Waals surface area contributed by atoms with Gasteiger partial charge in [0.15, 0.2) is 0 Å². The Kier molecular flexibility index (Phi) is 11.1. The second-order valence-corrected chi connectivity index (χ2v) is 13.9. The summed E-state index contributed by atoms with van der Waals surface area (Å²) in [6, 6.07) is 18.6. The molecule has 49 heavy (non-hydrogen) atoms.